The van der Waals surface area contributed by atoms with Crippen molar-refractivity contribution in [2.75, 3.05) is 0 Å². The van der Waals surface area contributed by atoms with Gasteiger partial charge in [-0.3, -0.25) is 4.79 Å². The fraction of sp³-hybridized carbons (Fsp3) is 0.273. The lowest BCUT2D eigenvalue weighted by Gasteiger charge is -2.10. The van der Waals surface area contributed by atoms with E-state index in [2.05, 4.69) is 4.98 Å². The zero-order chi connectivity index (χ0) is 12.6. The summed E-state index contributed by atoms with van der Waals surface area (Å²) in [6.45, 7) is 1.66. The van der Waals surface area contributed by atoms with E-state index in [4.69, 9.17) is 15.3 Å². The molecule has 0 amide bonds. The molecule has 90 valence electrons. The lowest BCUT2D eigenvalue weighted by atomic mass is 10.0. The van der Waals surface area contributed by atoms with E-state index in [1.807, 2.05) is 0 Å². The maximum absolute atomic E-state index is 10.6. The van der Waals surface area contributed by atoms with Crippen LogP contribution in [-0.4, -0.2) is 21.2 Å². The number of aryl methyl sites for hydroxylation is 1. The maximum atomic E-state index is 10.6. The van der Waals surface area contributed by atoms with E-state index in [1.165, 1.54) is 0 Å². The molecular formula is C11H12N2O4. The first-order valence-corrected chi connectivity index (χ1v) is 5.05. The molecule has 1 aromatic carbocycles. The summed E-state index contributed by atoms with van der Waals surface area (Å²) in [5.41, 5.74) is 6.79. The number of phenols is 1. The van der Waals surface area contributed by atoms with Gasteiger partial charge in [-0.15, -0.1) is 0 Å². The molecule has 2 aromatic rings. The molecule has 2 rings (SSSR count). The standard InChI is InChI=1S/C11H12N2O4/c1-5-13-8-3-2-6(7(12)4-9(14)15)10(16)11(8)17-5/h2-3,7,16H,4,12H2,1H3,(H,14,15). The zero-order valence-electron chi connectivity index (χ0n) is 9.17. The van der Waals surface area contributed by atoms with Gasteiger partial charge in [0, 0.05) is 18.5 Å². The number of nitrogens with zero attached hydrogens (tertiary/aromatic N) is 1. The molecule has 4 N–H and O–H groups in total. The summed E-state index contributed by atoms with van der Waals surface area (Å²) in [5.74, 6) is -0.734. The van der Waals surface area contributed by atoms with E-state index in [0.29, 0.717) is 17.0 Å². The van der Waals surface area contributed by atoms with Crippen LogP contribution in [0.1, 0.15) is 23.9 Å². The van der Waals surface area contributed by atoms with Crippen molar-refractivity contribution in [3.8, 4) is 5.75 Å². The molecule has 0 fully saturated rings. The van der Waals surface area contributed by atoms with Crippen LogP contribution in [0, 0.1) is 6.92 Å². The fourth-order valence-electron chi connectivity index (χ4n) is 1.70. The van der Waals surface area contributed by atoms with Crippen molar-refractivity contribution >= 4 is 17.1 Å². The van der Waals surface area contributed by atoms with Crippen LogP contribution in [0.25, 0.3) is 11.1 Å². The Morgan fingerprint density at radius 3 is 2.94 bits per heavy atom. The van der Waals surface area contributed by atoms with Gasteiger partial charge in [0.1, 0.15) is 5.52 Å². The molecule has 1 heterocycles. The van der Waals surface area contributed by atoms with Gasteiger partial charge >= 0.3 is 5.97 Å². The largest absolute Gasteiger partial charge is 0.504 e. The van der Waals surface area contributed by atoms with Crippen LogP contribution in [0.5, 0.6) is 5.75 Å². The number of carbonyl (C=O) groups is 1. The van der Waals surface area contributed by atoms with E-state index in [0.717, 1.165) is 0 Å². The van der Waals surface area contributed by atoms with Gasteiger partial charge in [0.2, 0.25) is 0 Å². The number of rotatable bonds is 3. The van der Waals surface area contributed by atoms with Gasteiger partial charge in [0.15, 0.2) is 17.2 Å². The third-order valence-electron chi connectivity index (χ3n) is 2.46. The van der Waals surface area contributed by atoms with Crippen molar-refractivity contribution in [3.63, 3.8) is 0 Å². The molecule has 1 unspecified atom stereocenters. The summed E-state index contributed by atoms with van der Waals surface area (Å²) >= 11 is 0. The molecule has 1 atom stereocenters. The molecule has 0 aliphatic carbocycles. The Labute approximate surface area is 96.7 Å². The highest BCUT2D eigenvalue weighted by molar-refractivity contribution is 5.81. The highest BCUT2D eigenvalue weighted by Gasteiger charge is 2.18. The molecule has 0 aliphatic rings. The third-order valence-corrected chi connectivity index (χ3v) is 2.46. The minimum atomic E-state index is -1.02. The second kappa shape index (κ2) is 4.06. The van der Waals surface area contributed by atoms with E-state index >= 15 is 0 Å². The third kappa shape index (κ3) is 2.07. The summed E-state index contributed by atoms with van der Waals surface area (Å²) < 4.78 is 5.23. The number of hydrogen-bond donors (Lipinski definition) is 3. The average Bonchev–Trinajstić information content (AvgIpc) is 2.58. The quantitative estimate of drug-likeness (QED) is 0.741. The monoisotopic (exact) mass is 236 g/mol. The van der Waals surface area contributed by atoms with Crippen molar-refractivity contribution in [2.24, 2.45) is 5.73 Å². The Bertz CT molecular complexity index is 576. The van der Waals surface area contributed by atoms with Gasteiger partial charge in [0.25, 0.3) is 0 Å². The topological polar surface area (TPSA) is 110 Å². The van der Waals surface area contributed by atoms with Gasteiger partial charge in [0.05, 0.1) is 6.42 Å². The molecule has 0 bridgehead atoms. The molecule has 0 spiro atoms. The number of hydrogen-bond acceptors (Lipinski definition) is 5. The van der Waals surface area contributed by atoms with Crippen LogP contribution in [0.2, 0.25) is 0 Å². The summed E-state index contributed by atoms with van der Waals surface area (Å²) in [7, 11) is 0. The summed E-state index contributed by atoms with van der Waals surface area (Å²) in [6.07, 6.45) is -0.258. The Hall–Kier alpha value is -2.08. The van der Waals surface area contributed by atoms with Crippen LogP contribution in [0.4, 0.5) is 0 Å². The lowest BCUT2D eigenvalue weighted by Crippen LogP contribution is -2.15. The van der Waals surface area contributed by atoms with E-state index in [1.54, 1.807) is 19.1 Å². The molecule has 6 heteroatoms. The smallest absolute Gasteiger partial charge is 0.305 e. The number of fused-ring (bicyclic) bond motifs is 1. The molecular weight excluding hydrogens is 224 g/mol. The van der Waals surface area contributed by atoms with E-state index in [-0.39, 0.29) is 17.8 Å². The number of carboxylic acid groups (broad SMARTS) is 1. The van der Waals surface area contributed by atoms with Crippen molar-refractivity contribution in [1.29, 1.82) is 0 Å². The molecule has 0 aliphatic heterocycles. The van der Waals surface area contributed by atoms with Gasteiger partial charge in [-0.05, 0) is 6.07 Å². The number of aromatic nitrogens is 1. The fourth-order valence-corrected chi connectivity index (χ4v) is 1.70. The summed E-state index contributed by atoms with van der Waals surface area (Å²) in [5, 5.41) is 18.6. The first kappa shape index (κ1) is 11.4. The predicted molar refractivity (Wildman–Crippen MR) is 59.6 cm³/mol. The molecule has 1 aromatic heterocycles. The molecule has 0 saturated heterocycles. The SMILES string of the molecule is Cc1nc2ccc(C(N)CC(=O)O)c(O)c2o1. The molecule has 0 radical (unpaired) electrons. The van der Waals surface area contributed by atoms with Crippen LogP contribution in [0.15, 0.2) is 16.5 Å². The number of aliphatic carboxylic acids is 1. The van der Waals surface area contributed by atoms with Crippen molar-refractivity contribution in [2.45, 2.75) is 19.4 Å². The summed E-state index contributed by atoms with van der Waals surface area (Å²) in [4.78, 5) is 14.6. The zero-order valence-corrected chi connectivity index (χ0v) is 9.17. The predicted octanol–water partition coefficient (Wildman–Crippen LogP) is 1.32. The number of carboxylic acids is 1. The minimum Gasteiger partial charge on any atom is -0.504 e. The number of benzene rings is 1. The number of nitrogens with two attached hydrogens (primary N) is 1. The van der Waals surface area contributed by atoms with Crippen LogP contribution in [0.3, 0.4) is 0 Å². The molecule has 0 saturated carbocycles. The second-order valence-corrected chi connectivity index (χ2v) is 3.79. The Balaban J connectivity index is 2.48. The second-order valence-electron chi connectivity index (χ2n) is 3.79. The normalized spacial score (nSPS) is 12.8. The maximum Gasteiger partial charge on any atom is 0.305 e. The van der Waals surface area contributed by atoms with Gasteiger partial charge in [-0.2, -0.15) is 0 Å². The average molecular weight is 236 g/mol. The van der Waals surface area contributed by atoms with Gasteiger partial charge < -0.3 is 20.4 Å². The minimum absolute atomic E-state index is 0.142. The van der Waals surface area contributed by atoms with Gasteiger partial charge in [-0.25, -0.2) is 4.98 Å². The van der Waals surface area contributed by atoms with Crippen LogP contribution < -0.4 is 5.73 Å². The highest BCUT2D eigenvalue weighted by Crippen LogP contribution is 2.33. The first-order valence-electron chi connectivity index (χ1n) is 5.05. The van der Waals surface area contributed by atoms with Crippen molar-refractivity contribution in [1.82, 2.24) is 4.98 Å². The van der Waals surface area contributed by atoms with Crippen LogP contribution in [-0.2, 0) is 4.79 Å². The van der Waals surface area contributed by atoms with Crippen LogP contribution >= 0.6 is 0 Å². The number of aromatic hydroxyl groups is 1. The lowest BCUT2D eigenvalue weighted by molar-refractivity contribution is -0.137. The molecule has 17 heavy (non-hydrogen) atoms. The van der Waals surface area contributed by atoms with Crippen molar-refractivity contribution < 1.29 is 19.4 Å². The van der Waals surface area contributed by atoms with Crippen molar-refractivity contribution in [3.05, 3.63) is 23.6 Å². The highest BCUT2D eigenvalue weighted by atomic mass is 16.4. The number of phenolic OH excluding ortho intramolecular Hbond substituents is 1. The van der Waals surface area contributed by atoms with Gasteiger partial charge in [-0.1, -0.05) is 6.07 Å². The molecule has 6 nitrogen and oxygen atoms in total. The number of oxazole rings is 1. The Morgan fingerprint density at radius 1 is 1.59 bits per heavy atom. The Kier molecular flexibility index (Phi) is 2.72. The van der Waals surface area contributed by atoms with E-state index < -0.39 is 12.0 Å². The van der Waals surface area contributed by atoms with E-state index in [9.17, 15) is 9.90 Å². The first-order chi connectivity index (χ1) is 7.99. The Morgan fingerprint density at radius 2 is 2.29 bits per heavy atom. The summed E-state index contributed by atoms with van der Waals surface area (Å²) in [6, 6.07) is 2.43.